The number of amides is 1. The van der Waals surface area contributed by atoms with Crippen LogP contribution in [0.4, 0.5) is 5.69 Å². The number of benzene rings is 2. The van der Waals surface area contributed by atoms with E-state index in [9.17, 15) is 9.59 Å². The van der Waals surface area contributed by atoms with Gasteiger partial charge in [-0.25, -0.2) is 9.78 Å². The largest absolute Gasteiger partial charge is 0.493 e. The predicted molar refractivity (Wildman–Crippen MR) is 111 cm³/mol. The summed E-state index contributed by atoms with van der Waals surface area (Å²) in [7, 11) is 3.12. The molecule has 0 aliphatic heterocycles. The normalized spacial score (nSPS) is 10.3. The molecule has 1 aromatic heterocycles. The van der Waals surface area contributed by atoms with E-state index < -0.39 is 5.97 Å². The van der Waals surface area contributed by atoms with Gasteiger partial charge in [0.1, 0.15) is 10.7 Å². The van der Waals surface area contributed by atoms with Crippen LogP contribution in [-0.4, -0.2) is 37.7 Å². The van der Waals surface area contributed by atoms with Crippen LogP contribution in [0.5, 0.6) is 11.5 Å². The van der Waals surface area contributed by atoms with E-state index in [-0.39, 0.29) is 11.6 Å². The molecule has 0 unspecified atom stereocenters. The van der Waals surface area contributed by atoms with E-state index in [1.54, 1.807) is 56.9 Å². The molecule has 1 N–H and O–H groups in total. The van der Waals surface area contributed by atoms with Crippen molar-refractivity contribution >= 4 is 28.9 Å². The molecule has 0 radical (unpaired) electrons. The summed E-state index contributed by atoms with van der Waals surface area (Å²) in [5.74, 6) is 0.402. The van der Waals surface area contributed by atoms with E-state index >= 15 is 0 Å². The fourth-order valence-electron chi connectivity index (χ4n) is 2.66. The highest BCUT2D eigenvalue weighted by Crippen LogP contribution is 2.39. The van der Waals surface area contributed by atoms with Gasteiger partial charge < -0.3 is 19.5 Å². The summed E-state index contributed by atoms with van der Waals surface area (Å²) in [4.78, 5) is 28.7. The summed E-state index contributed by atoms with van der Waals surface area (Å²) in [5.41, 5.74) is 2.00. The molecule has 0 fully saturated rings. The third-order valence-electron chi connectivity index (χ3n) is 4.02. The minimum atomic E-state index is -0.401. The lowest BCUT2D eigenvalue weighted by atomic mass is 10.2. The van der Waals surface area contributed by atoms with Crippen LogP contribution in [0.15, 0.2) is 47.8 Å². The Balaban J connectivity index is 1.76. The quantitative estimate of drug-likeness (QED) is 0.584. The molecule has 0 aliphatic rings. The zero-order valence-corrected chi connectivity index (χ0v) is 17.0. The lowest BCUT2D eigenvalue weighted by Crippen LogP contribution is -2.12. The Bertz CT molecular complexity index is 1010. The number of esters is 1. The van der Waals surface area contributed by atoms with E-state index in [1.807, 2.05) is 12.1 Å². The lowest BCUT2D eigenvalue weighted by Gasteiger charge is -2.10. The molecule has 0 bridgehead atoms. The number of nitrogens with zero attached hydrogens (tertiary/aromatic N) is 1. The molecule has 1 heterocycles. The van der Waals surface area contributed by atoms with Gasteiger partial charge in [0.15, 0.2) is 11.5 Å². The van der Waals surface area contributed by atoms with Crippen molar-refractivity contribution in [3.05, 3.63) is 59.1 Å². The summed E-state index contributed by atoms with van der Waals surface area (Å²) in [6.45, 7) is 2.05. The topological polar surface area (TPSA) is 86.8 Å². The molecule has 7 nitrogen and oxygen atoms in total. The summed E-state index contributed by atoms with van der Waals surface area (Å²) in [5, 5.41) is 5.09. The van der Waals surface area contributed by atoms with Crippen LogP contribution in [0.1, 0.15) is 27.8 Å². The van der Waals surface area contributed by atoms with Crippen molar-refractivity contribution in [2.45, 2.75) is 6.92 Å². The Kier molecular flexibility index (Phi) is 6.46. The van der Waals surface area contributed by atoms with Crippen LogP contribution < -0.4 is 14.8 Å². The van der Waals surface area contributed by atoms with Crippen LogP contribution >= 0.6 is 11.3 Å². The summed E-state index contributed by atoms with van der Waals surface area (Å²) in [6.07, 6.45) is 0. The number of hydrogen-bond donors (Lipinski definition) is 1. The van der Waals surface area contributed by atoms with E-state index in [4.69, 9.17) is 14.2 Å². The van der Waals surface area contributed by atoms with Gasteiger partial charge in [0.2, 0.25) is 0 Å². The minimum Gasteiger partial charge on any atom is -0.493 e. The number of carbonyl (C=O) groups excluding carboxylic acids is 2. The maximum absolute atomic E-state index is 12.5. The van der Waals surface area contributed by atoms with Crippen LogP contribution in [0.3, 0.4) is 0 Å². The van der Waals surface area contributed by atoms with Crippen LogP contribution in [0.2, 0.25) is 0 Å². The Hall–Kier alpha value is -3.39. The Morgan fingerprint density at radius 3 is 2.48 bits per heavy atom. The molecule has 3 aromatic rings. The lowest BCUT2D eigenvalue weighted by molar-refractivity contribution is 0.0526. The first kappa shape index (κ1) is 20.3. The molecule has 0 spiro atoms. The summed E-state index contributed by atoms with van der Waals surface area (Å²) >= 11 is 1.33. The molecule has 2 aromatic carbocycles. The molecule has 0 saturated carbocycles. The molecular formula is C21H20N2O5S. The van der Waals surface area contributed by atoms with E-state index in [0.717, 1.165) is 5.56 Å². The van der Waals surface area contributed by atoms with Crippen LogP contribution in [0, 0.1) is 0 Å². The molecular weight excluding hydrogens is 392 g/mol. The van der Waals surface area contributed by atoms with Gasteiger partial charge in [0, 0.05) is 11.1 Å². The molecule has 3 rings (SSSR count). The molecule has 8 heteroatoms. The number of methoxy groups -OCH3 is 2. The van der Waals surface area contributed by atoms with E-state index in [2.05, 4.69) is 10.3 Å². The fraction of sp³-hybridized carbons (Fsp3) is 0.190. The maximum atomic E-state index is 12.5. The average molecular weight is 412 g/mol. The van der Waals surface area contributed by atoms with Gasteiger partial charge in [-0.1, -0.05) is 6.07 Å². The van der Waals surface area contributed by atoms with Gasteiger partial charge in [-0.3, -0.25) is 4.79 Å². The van der Waals surface area contributed by atoms with Crippen molar-refractivity contribution in [2.24, 2.45) is 0 Å². The molecule has 0 atom stereocenters. The van der Waals surface area contributed by atoms with Gasteiger partial charge >= 0.3 is 5.97 Å². The summed E-state index contributed by atoms with van der Waals surface area (Å²) < 4.78 is 15.7. The summed E-state index contributed by atoms with van der Waals surface area (Å²) in [6, 6.07) is 12.0. The molecule has 29 heavy (non-hydrogen) atoms. The van der Waals surface area contributed by atoms with Crippen molar-refractivity contribution in [1.29, 1.82) is 0 Å². The second kappa shape index (κ2) is 9.20. The third kappa shape index (κ3) is 4.55. The van der Waals surface area contributed by atoms with Gasteiger partial charge in [-0.15, -0.1) is 11.3 Å². The molecule has 0 aliphatic carbocycles. The van der Waals surface area contributed by atoms with Crippen molar-refractivity contribution in [3.63, 3.8) is 0 Å². The number of nitrogens with one attached hydrogen (secondary N) is 1. The number of hydrogen-bond acceptors (Lipinski definition) is 7. The van der Waals surface area contributed by atoms with Crippen molar-refractivity contribution in [1.82, 2.24) is 4.98 Å². The average Bonchev–Trinajstić information content (AvgIpc) is 3.24. The van der Waals surface area contributed by atoms with Gasteiger partial charge in [-0.05, 0) is 43.3 Å². The number of aromatic nitrogens is 1. The fourth-order valence-corrected chi connectivity index (χ4v) is 3.48. The molecule has 0 saturated heterocycles. The van der Waals surface area contributed by atoms with Gasteiger partial charge in [0.05, 0.1) is 32.0 Å². The van der Waals surface area contributed by atoms with Crippen molar-refractivity contribution in [2.75, 3.05) is 26.1 Å². The number of para-hydroxylation sites is 1. The smallest absolute Gasteiger partial charge is 0.338 e. The Morgan fingerprint density at radius 2 is 1.83 bits per heavy atom. The highest BCUT2D eigenvalue weighted by molar-refractivity contribution is 7.13. The van der Waals surface area contributed by atoms with Crippen LogP contribution in [0.25, 0.3) is 10.6 Å². The predicted octanol–water partition coefficient (Wildman–Crippen LogP) is 4.26. The highest BCUT2D eigenvalue weighted by atomic mass is 32.1. The second-order valence-corrected chi connectivity index (χ2v) is 6.69. The van der Waals surface area contributed by atoms with Gasteiger partial charge in [0.25, 0.3) is 5.91 Å². The zero-order valence-electron chi connectivity index (χ0n) is 16.2. The van der Waals surface area contributed by atoms with Crippen molar-refractivity contribution < 1.29 is 23.8 Å². The number of anilines is 1. The second-order valence-electron chi connectivity index (χ2n) is 5.83. The van der Waals surface area contributed by atoms with Crippen LogP contribution in [-0.2, 0) is 4.74 Å². The SMILES string of the molecule is CCOC(=O)c1ccc(NC(=O)c2csc(-c3cccc(OC)c3OC)n2)cc1. The Morgan fingerprint density at radius 1 is 1.07 bits per heavy atom. The minimum absolute atomic E-state index is 0.282. The number of ether oxygens (including phenoxy) is 3. The first-order valence-electron chi connectivity index (χ1n) is 8.82. The first-order valence-corrected chi connectivity index (χ1v) is 9.70. The maximum Gasteiger partial charge on any atom is 0.338 e. The monoisotopic (exact) mass is 412 g/mol. The first-order chi connectivity index (χ1) is 14.1. The third-order valence-corrected chi connectivity index (χ3v) is 4.90. The highest BCUT2D eigenvalue weighted by Gasteiger charge is 2.17. The Labute approximate surface area is 172 Å². The molecule has 150 valence electrons. The number of rotatable bonds is 7. The van der Waals surface area contributed by atoms with E-state index in [0.29, 0.717) is 34.4 Å². The van der Waals surface area contributed by atoms with Crippen molar-refractivity contribution in [3.8, 4) is 22.1 Å². The zero-order chi connectivity index (χ0) is 20.8. The standard InChI is InChI=1S/C21H20N2O5S/c1-4-28-21(25)13-8-10-14(11-9-13)22-19(24)16-12-29-20(23-16)15-6-5-7-17(26-2)18(15)27-3/h5-12H,4H2,1-3H3,(H,22,24). The van der Waals surface area contributed by atoms with Gasteiger partial charge in [-0.2, -0.15) is 0 Å². The van der Waals surface area contributed by atoms with E-state index in [1.165, 1.54) is 11.3 Å². The number of carbonyl (C=O) groups is 2. The molecule has 1 amide bonds. The number of thiazole rings is 1.